The summed E-state index contributed by atoms with van der Waals surface area (Å²) in [5.74, 6) is 1.20. The van der Waals surface area contributed by atoms with Gasteiger partial charge in [-0.15, -0.1) is 0 Å². The third-order valence-corrected chi connectivity index (χ3v) is 2.89. The lowest BCUT2D eigenvalue weighted by Crippen LogP contribution is -2.25. The van der Waals surface area contributed by atoms with Crippen molar-refractivity contribution in [2.24, 2.45) is 0 Å². The lowest BCUT2D eigenvalue weighted by Gasteiger charge is -2.18. The molecule has 0 spiro atoms. The number of imidazole rings is 1. The van der Waals surface area contributed by atoms with Crippen LogP contribution in [0.3, 0.4) is 0 Å². The summed E-state index contributed by atoms with van der Waals surface area (Å²) in [4.78, 5) is 4.49. The van der Waals surface area contributed by atoms with Crippen LogP contribution in [0.15, 0.2) is 12.4 Å². The van der Waals surface area contributed by atoms with Crippen molar-refractivity contribution in [3.63, 3.8) is 0 Å². The molecule has 1 heterocycles. The van der Waals surface area contributed by atoms with E-state index in [1.54, 1.807) is 0 Å². The predicted molar refractivity (Wildman–Crippen MR) is 68.5 cm³/mol. The van der Waals surface area contributed by atoms with Crippen LogP contribution in [0, 0.1) is 0 Å². The van der Waals surface area contributed by atoms with Crippen LogP contribution in [0.5, 0.6) is 0 Å². The fourth-order valence-corrected chi connectivity index (χ4v) is 1.95. The van der Waals surface area contributed by atoms with E-state index in [0.29, 0.717) is 6.04 Å². The van der Waals surface area contributed by atoms with Gasteiger partial charge in [-0.2, -0.15) is 0 Å². The molecule has 0 aliphatic rings. The molecular formula is C13H25N3. The Balaban J connectivity index is 2.66. The summed E-state index contributed by atoms with van der Waals surface area (Å²) in [5, 5.41) is 3.60. The molecule has 3 nitrogen and oxygen atoms in total. The highest BCUT2D eigenvalue weighted by Crippen LogP contribution is 2.17. The molecule has 0 fully saturated rings. The van der Waals surface area contributed by atoms with E-state index >= 15 is 0 Å². The van der Waals surface area contributed by atoms with E-state index in [1.807, 2.05) is 6.20 Å². The fraction of sp³-hybridized carbons (Fsp3) is 0.769. The molecular weight excluding hydrogens is 198 g/mol. The Kier molecular flexibility index (Phi) is 6.16. The van der Waals surface area contributed by atoms with Gasteiger partial charge in [-0.05, 0) is 26.3 Å². The van der Waals surface area contributed by atoms with Crippen LogP contribution in [0.4, 0.5) is 0 Å². The Hall–Kier alpha value is -0.830. The molecule has 1 aromatic heterocycles. The maximum atomic E-state index is 4.49. The number of rotatable bonds is 8. The number of hydrogen-bond acceptors (Lipinski definition) is 2. The van der Waals surface area contributed by atoms with E-state index in [-0.39, 0.29) is 0 Å². The molecule has 0 aliphatic heterocycles. The van der Waals surface area contributed by atoms with E-state index in [4.69, 9.17) is 0 Å². The molecule has 3 heteroatoms. The largest absolute Gasteiger partial charge is 0.334 e. The van der Waals surface area contributed by atoms with E-state index in [0.717, 1.165) is 13.1 Å². The molecule has 0 bridgehead atoms. The Morgan fingerprint density at radius 3 is 2.75 bits per heavy atom. The first kappa shape index (κ1) is 13.2. The smallest absolute Gasteiger partial charge is 0.125 e. The summed E-state index contributed by atoms with van der Waals surface area (Å²) < 4.78 is 2.24. The van der Waals surface area contributed by atoms with Gasteiger partial charge >= 0.3 is 0 Å². The zero-order valence-electron chi connectivity index (χ0n) is 10.9. The Bertz CT molecular complexity index is 272. The number of nitrogens with zero attached hydrogens (tertiary/aromatic N) is 2. The molecule has 0 aliphatic carbocycles. The Morgan fingerprint density at radius 1 is 1.31 bits per heavy atom. The van der Waals surface area contributed by atoms with E-state index in [9.17, 15) is 0 Å². The van der Waals surface area contributed by atoms with Gasteiger partial charge in [0.15, 0.2) is 0 Å². The summed E-state index contributed by atoms with van der Waals surface area (Å²) in [6.45, 7) is 8.69. The topological polar surface area (TPSA) is 29.9 Å². The van der Waals surface area contributed by atoms with Gasteiger partial charge in [0.05, 0.1) is 6.04 Å². The molecule has 92 valence electrons. The lowest BCUT2D eigenvalue weighted by atomic mass is 10.1. The van der Waals surface area contributed by atoms with Gasteiger partial charge < -0.3 is 9.88 Å². The molecule has 16 heavy (non-hydrogen) atoms. The van der Waals surface area contributed by atoms with Crippen molar-refractivity contribution in [3.8, 4) is 0 Å². The van der Waals surface area contributed by atoms with E-state index in [1.165, 1.54) is 31.5 Å². The van der Waals surface area contributed by atoms with Crippen molar-refractivity contribution in [3.05, 3.63) is 18.2 Å². The molecule has 0 saturated carbocycles. The third-order valence-electron chi connectivity index (χ3n) is 2.89. The number of aromatic nitrogens is 2. The van der Waals surface area contributed by atoms with Crippen LogP contribution in [0.2, 0.25) is 0 Å². The molecule has 0 aromatic carbocycles. The maximum Gasteiger partial charge on any atom is 0.125 e. The van der Waals surface area contributed by atoms with Crippen LogP contribution in [0.25, 0.3) is 0 Å². The molecule has 0 saturated heterocycles. The average molecular weight is 223 g/mol. The normalized spacial score (nSPS) is 12.9. The standard InChI is InChI=1S/C13H25N3/c1-4-7-8-12(14-9-5-2)13-15-10-11-16(13)6-3/h10-12,14H,4-9H2,1-3H3. The van der Waals surface area contributed by atoms with Crippen molar-refractivity contribution in [2.75, 3.05) is 6.54 Å². The van der Waals surface area contributed by atoms with Crippen molar-refractivity contribution >= 4 is 0 Å². The fourth-order valence-electron chi connectivity index (χ4n) is 1.95. The maximum absolute atomic E-state index is 4.49. The molecule has 1 unspecified atom stereocenters. The first-order valence-corrected chi connectivity index (χ1v) is 6.57. The van der Waals surface area contributed by atoms with Gasteiger partial charge in [0.1, 0.15) is 5.82 Å². The molecule has 1 aromatic rings. The first-order valence-electron chi connectivity index (χ1n) is 6.57. The minimum atomic E-state index is 0.426. The highest BCUT2D eigenvalue weighted by Gasteiger charge is 2.14. The monoisotopic (exact) mass is 223 g/mol. The lowest BCUT2D eigenvalue weighted by molar-refractivity contribution is 0.444. The number of unbranched alkanes of at least 4 members (excludes halogenated alkanes) is 1. The summed E-state index contributed by atoms with van der Waals surface area (Å²) >= 11 is 0. The number of hydrogen-bond donors (Lipinski definition) is 1. The Morgan fingerprint density at radius 2 is 2.12 bits per heavy atom. The average Bonchev–Trinajstić information content (AvgIpc) is 2.77. The summed E-state index contributed by atoms with van der Waals surface area (Å²) in [6.07, 6.45) is 8.85. The van der Waals surface area contributed by atoms with Gasteiger partial charge in [0.2, 0.25) is 0 Å². The zero-order chi connectivity index (χ0) is 11.8. The van der Waals surface area contributed by atoms with Crippen molar-refractivity contribution in [2.45, 2.75) is 59.0 Å². The summed E-state index contributed by atoms with van der Waals surface area (Å²) in [7, 11) is 0. The minimum Gasteiger partial charge on any atom is -0.334 e. The van der Waals surface area contributed by atoms with Gasteiger partial charge in [0, 0.05) is 18.9 Å². The van der Waals surface area contributed by atoms with Gasteiger partial charge in [-0.1, -0.05) is 26.7 Å². The summed E-state index contributed by atoms with van der Waals surface area (Å²) in [5.41, 5.74) is 0. The predicted octanol–water partition coefficient (Wildman–Crippen LogP) is 3.13. The van der Waals surface area contributed by atoms with Crippen LogP contribution in [-0.4, -0.2) is 16.1 Å². The number of aryl methyl sites for hydroxylation is 1. The van der Waals surface area contributed by atoms with Crippen molar-refractivity contribution in [1.29, 1.82) is 0 Å². The van der Waals surface area contributed by atoms with Crippen LogP contribution >= 0.6 is 0 Å². The second-order valence-corrected chi connectivity index (χ2v) is 4.22. The van der Waals surface area contributed by atoms with Gasteiger partial charge in [0.25, 0.3) is 0 Å². The molecule has 1 N–H and O–H groups in total. The van der Waals surface area contributed by atoms with Crippen LogP contribution in [0.1, 0.15) is 58.3 Å². The van der Waals surface area contributed by atoms with Gasteiger partial charge in [-0.3, -0.25) is 0 Å². The van der Waals surface area contributed by atoms with Crippen molar-refractivity contribution in [1.82, 2.24) is 14.9 Å². The quantitative estimate of drug-likeness (QED) is 0.734. The van der Waals surface area contributed by atoms with Gasteiger partial charge in [-0.25, -0.2) is 4.98 Å². The third kappa shape index (κ3) is 3.63. The molecule has 1 atom stereocenters. The first-order chi connectivity index (χ1) is 7.83. The van der Waals surface area contributed by atoms with Crippen LogP contribution < -0.4 is 5.32 Å². The van der Waals surface area contributed by atoms with E-state index in [2.05, 4.69) is 41.8 Å². The van der Waals surface area contributed by atoms with E-state index < -0.39 is 0 Å². The van der Waals surface area contributed by atoms with Crippen LogP contribution in [-0.2, 0) is 6.54 Å². The molecule has 0 amide bonds. The number of nitrogens with one attached hydrogen (secondary N) is 1. The summed E-state index contributed by atoms with van der Waals surface area (Å²) in [6, 6.07) is 0.426. The molecule has 1 rings (SSSR count). The highest BCUT2D eigenvalue weighted by atomic mass is 15.1. The molecule has 0 radical (unpaired) electrons. The second kappa shape index (κ2) is 7.44. The van der Waals surface area contributed by atoms with Crippen molar-refractivity contribution < 1.29 is 0 Å². The Labute approximate surface area is 99.3 Å². The zero-order valence-corrected chi connectivity index (χ0v) is 10.9. The SMILES string of the molecule is CCCCC(NCCC)c1nccn1CC. The highest BCUT2D eigenvalue weighted by molar-refractivity contribution is 4.99. The second-order valence-electron chi connectivity index (χ2n) is 4.22. The minimum absolute atomic E-state index is 0.426.